The molecule has 0 unspecified atom stereocenters. The highest BCUT2D eigenvalue weighted by Gasteiger charge is 2.37. The van der Waals surface area contributed by atoms with E-state index in [4.69, 9.17) is 13.9 Å². The second-order valence-corrected chi connectivity index (χ2v) is 9.13. The molecule has 0 saturated carbocycles. The van der Waals surface area contributed by atoms with Crippen molar-refractivity contribution in [3.63, 3.8) is 0 Å². The minimum absolute atomic E-state index is 0.0431. The van der Waals surface area contributed by atoms with Crippen LogP contribution in [0.1, 0.15) is 43.4 Å². The topological polar surface area (TPSA) is 109 Å². The van der Waals surface area contributed by atoms with Gasteiger partial charge in [0.15, 0.2) is 22.5 Å². The normalized spacial score (nSPS) is 17.6. The van der Waals surface area contributed by atoms with Gasteiger partial charge in [0, 0.05) is 29.2 Å². The summed E-state index contributed by atoms with van der Waals surface area (Å²) in [6.07, 6.45) is 3.82. The van der Waals surface area contributed by atoms with E-state index in [1.165, 1.54) is 19.2 Å². The summed E-state index contributed by atoms with van der Waals surface area (Å²) < 4.78 is 17.4. The van der Waals surface area contributed by atoms with Crippen molar-refractivity contribution in [1.29, 1.82) is 0 Å². The van der Waals surface area contributed by atoms with Gasteiger partial charge in [-0.05, 0) is 39.3 Å². The second kappa shape index (κ2) is 6.81. The number of rotatable bonds is 2. The van der Waals surface area contributed by atoms with Gasteiger partial charge < -0.3 is 29.2 Å². The van der Waals surface area contributed by atoms with Gasteiger partial charge in [-0.15, -0.1) is 0 Å². The van der Waals surface area contributed by atoms with Gasteiger partial charge in [-0.25, -0.2) is 0 Å². The summed E-state index contributed by atoms with van der Waals surface area (Å²) >= 11 is 0. The Kier molecular flexibility index (Phi) is 4.34. The molecule has 5 rings (SSSR count). The molecule has 0 amide bonds. The molecule has 7 nitrogen and oxygen atoms in total. The van der Waals surface area contributed by atoms with Crippen molar-refractivity contribution < 1.29 is 29.2 Å². The fraction of sp³-hybridized carbons (Fsp3) is 0.269. The molecule has 1 aromatic heterocycles. The molecule has 170 valence electrons. The average Bonchev–Trinajstić information content (AvgIpc) is 2.74. The zero-order chi connectivity index (χ0) is 23.8. The molecule has 0 spiro atoms. The van der Waals surface area contributed by atoms with Crippen molar-refractivity contribution in [2.45, 2.75) is 38.7 Å². The van der Waals surface area contributed by atoms with Gasteiger partial charge in [-0.1, -0.05) is 12.2 Å². The van der Waals surface area contributed by atoms with Gasteiger partial charge in [0.25, 0.3) is 0 Å². The number of phenols is 3. The van der Waals surface area contributed by atoms with Crippen molar-refractivity contribution in [3.05, 3.63) is 57.3 Å². The Morgan fingerprint density at radius 3 is 2.61 bits per heavy atom. The number of methoxy groups -OCH3 is 1. The first-order valence-electron chi connectivity index (χ1n) is 10.6. The van der Waals surface area contributed by atoms with E-state index in [1.807, 2.05) is 19.9 Å². The summed E-state index contributed by atoms with van der Waals surface area (Å²) in [5.74, 6) is -0.415. The van der Waals surface area contributed by atoms with Gasteiger partial charge in [-0.2, -0.15) is 0 Å². The Morgan fingerprint density at radius 1 is 1.21 bits per heavy atom. The largest absolute Gasteiger partial charge is 0.507 e. The van der Waals surface area contributed by atoms with Gasteiger partial charge in [0.2, 0.25) is 0 Å². The minimum atomic E-state index is -0.594. The van der Waals surface area contributed by atoms with E-state index in [2.05, 4.69) is 6.58 Å². The van der Waals surface area contributed by atoms with Crippen LogP contribution in [0.4, 0.5) is 0 Å². The van der Waals surface area contributed by atoms with Gasteiger partial charge in [0.05, 0.1) is 18.2 Å². The molecule has 1 aliphatic carbocycles. The maximum absolute atomic E-state index is 13.6. The summed E-state index contributed by atoms with van der Waals surface area (Å²) in [4.78, 5) is 13.6. The molecule has 1 atom stereocenters. The smallest absolute Gasteiger partial charge is 0.200 e. The van der Waals surface area contributed by atoms with Crippen LogP contribution in [0, 0.1) is 0 Å². The zero-order valence-corrected chi connectivity index (χ0v) is 18.8. The maximum atomic E-state index is 13.6. The van der Waals surface area contributed by atoms with Crippen LogP contribution in [0.5, 0.6) is 28.7 Å². The van der Waals surface area contributed by atoms with E-state index in [0.717, 1.165) is 0 Å². The molecule has 3 N–H and O–H groups in total. The summed E-state index contributed by atoms with van der Waals surface area (Å²) in [6.45, 7) is 9.55. The Morgan fingerprint density at radius 2 is 1.94 bits per heavy atom. The lowest BCUT2D eigenvalue weighted by Crippen LogP contribution is -2.27. The Balaban J connectivity index is 1.92. The summed E-state index contributed by atoms with van der Waals surface area (Å²) in [5, 5.41) is 32.6. The number of phenolic OH excluding ortho intramolecular Hbond substituents is 3. The fourth-order valence-corrected chi connectivity index (χ4v) is 4.73. The van der Waals surface area contributed by atoms with Crippen LogP contribution in [0.2, 0.25) is 0 Å². The van der Waals surface area contributed by atoms with Crippen LogP contribution in [0.25, 0.3) is 28.4 Å². The Hall–Kier alpha value is -3.87. The standard InChI is InChI=1S/C26H24O7/c1-11(2)13-8-14-22(29)21-16(28)9-17-12(6-7-26(3,4)33-17)24(21)32-25(14)20-15(27)10-18(31-5)23(30)19(13)20/h6-7,9-10,13,27-28,30H,1,8H2,2-5H3/t13-/m1/s1. The predicted octanol–water partition coefficient (Wildman–Crippen LogP) is 4.99. The number of hydrogen-bond donors (Lipinski definition) is 3. The lowest BCUT2D eigenvalue weighted by Gasteiger charge is -2.30. The van der Waals surface area contributed by atoms with Crippen molar-refractivity contribution in [2.24, 2.45) is 0 Å². The summed E-state index contributed by atoms with van der Waals surface area (Å²) in [5.41, 5.74) is 1.24. The molecular weight excluding hydrogens is 424 g/mol. The first-order chi connectivity index (χ1) is 15.5. The molecule has 2 heterocycles. The van der Waals surface area contributed by atoms with Gasteiger partial charge in [0.1, 0.15) is 34.0 Å². The van der Waals surface area contributed by atoms with E-state index in [0.29, 0.717) is 28.0 Å². The number of allylic oxidation sites excluding steroid dienone is 1. The van der Waals surface area contributed by atoms with Crippen molar-refractivity contribution >= 4 is 17.0 Å². The molecule has 2 aliphatic rings. The first kappa shape index (κ1) is 21.0. The predicted molar refractivity (Wildman–Crippen MR) is 124 cm³/mol. The quantitative estimate of drug-likeness (QED) is 0.374. The van der Waals surface area contributed by atoms with Crippen LogP contribution < -0.4 is 14.9 Å². The first-order valence-corrected chi connectivity index (χ1v) is 10.6. The van der Waals surface area contributed by atoms with Gasteiger partial charge >= 0.3 is 0 Å². The maximum Gasteiger partial charge on any atom is 0.200 e. The van der Waals surface area contributed by atoms with Crippen LogP contribution in [0.3, 0.4) is 0 Å². The van der Waals surface area contributed by atoms with Gasteiger partial charge in [-0.3, -0.25) is 4.79 Å². The van der Waals surface area contributed by atoms with E-state index in [9.17, 15) is 20.1 Å². The second-order valence-electron chi connectivity index (χ2n) is 9.13. The third kappa shape index (κ3) is 2.92. The molecular formula is C26H24O7. The van der Waals surface area contributed by atoms with E-state index in [-0.39, 0.29) is 51.7 Å². The highest BCUT2D eigenvalue weighted by atomic mass is 16.5. The zero-order valence-electron chi connectivity index (χ0n) is 18.8. The molecule has 1 aliphatic heterocycles. The molecule has 0 bridgehead atoms. The summed E-state index contributed by atoms with van der Waals surface area (Å²) in [6, 6.07) is 2.71. The van der Waals surface area contributed by atoms with E-state index in [1.54, 1.807) is 13.0 Å². The number of ether oxygens (including phenoxy) is 2. The molecule has 3 aromatic rings. The Bertz CT molecular complexity index is 1460. The van der Waals surface area contributed by atoms with E-state index < -0.39 is 16.9 Å². The highest BCUT2D eigenvalue weighted by Crippen LogP contribution is 2.54. The van der Waals surface area contributed by atoms with Crippen LogP contribution in [-0.2, 0) is 6.42 Å². The van der Waals surface area contributed by atoms with Crippen LogP contribution >= 0.6 is 0 Å². The third-order valence-corrected chi connectivity index (χ3v) is 6.35. The third-order valence-electron chi connectivity index (χ3n) is 6.35. The summed E-state index contributed by atoms with van der Waals surface area (Å²) in [7, 11) is 1.39. The van der Waals surface area contributed by atoms with Crippen LogP contribution in [-0.4, -0.2) is 28.0 Å². The fourth-order valence-electron chi connectivity index (χ4n) is 4.73. The average molecular weight is 448 g/mol. The Labute approximate surface area is 189 Å². The molecule has 2 aromatic carbocycles. The molecule has 0 fully saturated rings. The molecule has 33 heavy (non-hydrogen) atoms. The molecule has 7 heteroatoms. The van der Waals surface area contributed by atoms with Crippen molar-refractivity contribution in [1.82, 2.24) is 0 Å². The highest BCUT2D eigenvalue weighted by molar-refractivity contribution is 5.96. The SMILES string of the molecule is C=C(C)[C@H]1Cc2c(oc3c4c(cc(O)c3c2=O)OC(C)(C)C=C4)-c2c(O)cc(OC)c(O)c21. The number of aromatic hydroxyl groups is 3. The molecule has 0 radical (unpaired) electrons. The van der Waals surface area contributed by atoms with Crippen molar-refractivity contribution in [2.75, 3.05) is 7.11 Å². The van der Waals surface area contributed by atoms with Crippen LogP contribution in [0.15, 0.2) is 39.6 Å². The number of benzene rings is 2. The number of fused-ring (bicyclic) bond motifs is 6. The lowest BCUT2D eigenvalue weighted by atomic mass is 9.77. The lowest BCUT2D eigenvalue weighted by molar-refractivity contribution is 0.158. The minimum Gasteiger partial charge on any atom is -0.507 e. The molecule has 0 saturated heterocycles. The van der Waals surface area contributed by atoms with Crippen molar-refractivity contribution in [3.8, 4) is 40.1 Å². The monoisotopic (exact) mass is 448 g/mol. The number of hydrogen-bond acceptors (Lipinski definition) is 7. The van der Waals surface area contributed by atoms with E-state index >= 15 is 0 Å².